The molecule has 0 amide bonds. The van der Waals surface area contributed by atoms with Crippen LogP contribution in [0.5, 0.6) is 11.5 Å². The number of amidine groups is 1. The van der Waals surface area contributed by atoms with Gasteiger partial charge in [0, 0.05) is 11.9 Å². The van der Waals surface area contributed by atoms with Crippen molar-refractivity contribution in [1.82, 2.24) is 4.90 Å². The van der Waals surface area contributed by atoms with Gasteiger partial charge in [-0.1, -0.05) is 17.8 Å². The molecule has 1 aromatic carbocycles. The number of rotatable bonds is 3. The molecular formula is C15H16N2O2S. The molecule has 2 aliphatic rings. The largest absolute Gasteiger partial charge is 0.493 e. The quantitative estimate of drug-likeness (QED) is 0.852. The van der Waals surface area contributed by atoms with Crippen LogP contribution in [0.2, 0.25) is 0 Å². The fourth-order valence-electron chi connectivity index (χ4n) is 2.37. The van der Waals surface area contributed by atoms with E-state index in [-0.39, 0.29) is 6.04 Å². The minimum atomic E-state index is 0.147. The molecule has 2 heterocycles. The van der Waals surface area contributed by atoms with E-state index < -0.39 is 0 Å². The van der Waals surface area contributed by atoms with E-state index in [4.69, 9.17) is 9.47 Å². The van der Waals surface area contributed by atoms with Gasteiger partial charge in [0.15, 0.2) is 16.7 Å². The number of benzene rings is 1. The van der Waals surface area contributed by atoms with Crippen molar-refractivity contribution in [3.63, 3.8) is 0 Å². The number of hydrogen-bond acceptors (Lipinski definition) is 5. The van der Waals surface area contributed by atoms with Crippen LogP contribution < -0.4 is 9.47 Å². The normalized spacial score (nSPS) is 20.4. The number of methoxy groups -OCH3 is 2. The first-order valence-corrected chi connectivity index (χ1v) is 7.21. The number of thioether (sulfide) groups is 1. The lowest BCUT2D eigenvalue weighted by Crippen LogP contribution is -2.27. The molecule has 0 saturated carbocycles. The maximum atomic E-state index is 5.39. The molecule has 0 spiro atoms. The smallest absolute Gasteiger partial charge is 0.173 e. The van der Waals surface area contributed by atoms with E-state index in [1.54, 1.807) is 26.0 Å². The highest BCUT2D eigenvalue weighted by molar-refractivity contribution is 8.16. The molecule has 1 aromatic rings. The van der Waals surface area contributed by atoms with E-state index in [9.17, 15) is 0 Å². The molecule has 0 radical (unpaired) electrons. The second kappa shape index (κ2) is 5.25. The Balaban J connectivity index is 2.00. The lowest BCUT2D eigenvalue weighted by atomic mass is 10.0. The van der Waals surface area contributed by atoms with Gasteiger partial charge in [0.1, 0.15) is 0 Å². The highest BCUT2D eigenvalue weighted by Crippen LogP contribution is 2.38. The van der Waals surface area contributed by atoms with Crippen LogP contribution in [-0.2, 0) is 0 Å². The zero-order valence-electron chi connectivity index (χ0n) is 11.7. The average Bonchev–Trinajstić information content (AvgIpc) is 2.93. The van der Waals surface area contributed by atoms with Crippen LogP contribution in [0.15, 0.2) is 46.6 Å². The molecule has 20 heavy (non-hydrogen) atoms. The Labute approximate surface area is 122 Å². The summed E-state index contributed by atoms with van der Waals surface area (Å²) in [4.78, 5) is 6.71. The van der Waals surface area contributed by atoms with Crippen LogP contribution in [0.1, 0.15) is 18.5 Å². The van der Waals surface area contributed by atoms with Gasteiger partial charge in [0.05, 0.1) is 20.3 Å². The van der Waals surface area contributed by atoms with Crippen LogP contribution in [0.3, 0.4) is 0 Å². The van der Waals surface area contributed by atoms with E-state index >= 15 is 0 Å². The van der Waals surface area contributed by atoms with Crippen LogP contribution in [0.4, 0.5) is 0 Å². The van der Waals surface area contributed by atoms with Crippen LogP contribution in [0.25, 0.3) is 0 Å². The molecule has 5 heteroatoms. The molecule has 0 N–H and O–H groups in total. The zero-order valence-corrected chi connectivity index (χ0v) is 12.5. The van der Waals surface area contributed by atoms with Crippen molar-refractivity contribution in [2.75, 3.05) is 14.2 Å². The van der Waals surface area contributed by atoms with Gasteiger partial charge in [-0.2, -0.15) is 0 Å². The molecule has 4 nitrogen and oxygen atoms in total. The summed E-state index contributed by atoms with van der Waals surface area (Å²) in [7, 11) is 3.30. The Morgan fingerprint density at radius 1 is 1.20 bits per heavy atom. The van der Waals surface area contributed by atoms with Gasteiger partial charge in [0.25, 0.3) is 0 Å². The van der Waals surface area contributed by atoms with Crippen molar-refractivity contribution < 1.29 is 9.47 Å². The first-order valence-electron chi connectivity index (χ1n) is 6.33. The Kier molecular flexibility index (Phi) is 3.44. The molecule has 0 aromatic heterocycles. The van der Waals surface area contributed by atoms with E-state index in [2.05, 4.69) is 33.6 Å². The standard InChI is InChI=1S/C15H16N2O2S/c1-10-8-12(17-6-7-20-15(17)16-10)11-4-5-13(18-2)14(9-11)19-3/h4-9,12H,1-3H3. The van der Waals surface area contributed by atoms with Gasteiger partial charge in [0.2, 0.25) is 0 Å². The predicted molar refractivity (Wildman–Crippen MR) is 82.0 cm³/mol. The first kappa shape index (κ1) is 13.1. The number of allylic oxidation sites excluding steroid dienone is 1. The highest BCUT2D eigenvalue weighted by Gasteiger charge is 2.27. The SMILES string of the molecule is COc1ccc(C2C=C(C)N=C3SC=CN32)cc1OC. The minimum absolute atomic E-state index is 0.147. The van der Waals surface area contributed by atoms with E-state index in [0.29, 0.717) is 0 Å². The molecule has 1 unspecified atom stereocenters. The molecule has 0 fully saturated rings. The summed E-state index contributed by atoms with van der Waals surface area (Å²) >= 11 is 1.64. The summed E-state index contributed by atoms with van der Waals surface area (Å²) in [6, 6.07) is 6.17. The third kappa shape index (κ3) is 2.18. The number of ether oxygens (including phenoxy) is 2. The topological polar surface area (TPSA) is 34.1 Å². The Morgan fingerprint density at radius 2 is 2.00 bits per heavy atom. The summed E-state index contributed by atoms with van der Waals surface area (Å²) in [6.07, 6.45) is 4.22. The van der Waals surface area contributed by atoms with Gasteiger partial charge in [-0.3, -0.25) is 0 Å². The Morgan fingerprint density at radius 3 is 2.75 bits per heavy atom. The Hall–Kier alpha value is -1.88. The number of fused-ring (bicyclic) bond motifs is 1. The first-order chi connectivity index (χ1) is 9.72. The van der Waals surface area contributed by atoms with Crippen LogP contribution in [-0.4, -0.2) is 24.3 Å². The second-order valence-corrected chi connectivity index (χ2v) is 5.44. The summed E-state index contributed by atoms with van der Waals surface area (Å²) in [5.41, 5.74) is 2.19. The van der Waals surface area contributed by atoms with Gasteiger partial charge >= 0.3 is 0 Å². The number of hydrogen-bond donors (Lipinski definition) is 0. The predicted octanol–water partition coefficient (Wildman–Crippen LogP) is 3.54. The van der Waals surface area contributed by atoms with E-state index in [1.165, 1.54) is 0 Å². The third-order valence-electron chi connectivity index (χ3n) is 3.34. The monoisotopic (exact) mass is 288 g/mol. The van der Waals surface area contributed by atoms with Gasteiger partial charge in [-0.25, -0.2) is 4.99 Å². The Bertz CT molecular complexity index is 622. The molecule has 2 aliphatic heterocycles. The van der Waals surface area contributed by atoms with Crippen molar-refractivity contribution in [3.05, 3.63) is 47.1 Å². The van der Waals surface area contributed by atoms with Crippen molar-refractivity contribution in [2.45, 2.75) is 13.0 Å². The second-order valence-electron chi connectivity index (χ2n) is 4.57. The lowest BCUT2D eigenvalue weighted by Gasteiger charge is -2.29. The van der Waals surface area contributed by atoms with Crippen molar-refractivity contribution in [1.29, 1.82) is 0 Å². The fourth-order valence-corrected chi connectivity index (χ4v) is 3.17. The van der Waals surface area contributed by atoms with E-state index in [1.807, 2.05) is 19.1 Å². The van der Waals surface area contributed by atoms with Gasteiger partial charge in [-0.05, 0) is 36.1 Å². The van der Waals surface area contributed by atoms with Gasteiger partial charge in [-0.15, -0.1) is 0 Å². The number of aliphatic imine (C=N–C) groups is 1. The highest BCUT2D eigenvalue weighted by atomic mass is 32.2. The lowest BCUT2D eigenvalue weighted by molar-refractivity contribution is 0.353. The third-order valence-corrected chi connectivity index (χ3v) is 4.11. The van der Waals surface area contributed by atoms with Crippen LogP contribution >= 0.6 is 11.8 Å². The number of nitrogens with zero attached hydrogens (tertiary/aromatic N) is 2. The molecule has 0 bridgehead atoms. The summed E-state index contributed by atoms with van der Waals surface area (Å²) in [5, 5.41) is 3.07. The maximum absolute atomic E-state index is 5.39. The summed E-state index contributed by atoms with van der Waals surface area (Å²) < 4.78 is 10.7. The van der Waals surface area contributed by atoms with Crippen molar-refractivity contribution in [2.24, 2.45) is 4.99 Å². The zero-order chi connectivity index (χ0) is 14.1. The maximum Gasteiger partial charge on any atom is 0.173 e. The molecule has 104 valence electrons. The molecule has 1 atom stereocenters. The van der Waals surface area contributed by atoms with Gasteiger partial charge < -0.3 is 14.4 Å². The van der Waals surface area contributed by atoms with E-state index in [0.717, 1.165) is 27.9 Å². The van der Waals surface area contributed by atoms with Crippen molar-refractivity contribution >= 4 is 16.9 Å². The summed E-state index contributed by atoms with van der Waals surface area (Å²) in [5.74, 6) is 1.49. The summed E-state index contributed by atoms with van der Waals surface area (Å²) in [6.45, 7) is 2.02. The van der Waals surface area contributed by atoms with Crippen LogP contribution in [0, 0.1) is 0 Å². The fraction of sp³-hybridized carbons (Fsp3) is 0.267. The molecule has 3 rings (SSSR count). The average molecular weight is 288 g/mol. The van der Waals surface area contributed by atoms with Crippen molar-refractivity contribution in [3.8, 4) is 11.5 Å². The molecule has 0 aliphatic carbocycles. The molecule has 0 saturated heterocycles. The molecular weight excluding hydrogens is 272 g/mol. The minimum Gasteiger partial charge on any atom is -0.493 e.